The molecule has 1 heterocycles. The number of carbonyl (C=O) groups is 1. The fraction of sp³-hybridized carbons (Fsp3) is 0.227. The lowest BCUT2D eigenvalue weighted by atomic mass is 10.1. The minimum atomic E-state index is -0.767. The van der Waals surface area contributed by atoms with Crippen LogP contribution in [0, 0.1) is 17.1 Å². The fourth-order valence-corrected chi connectivity index (χ4v) is 3.43. The third kappa shape index (κ3) is 5.49. The Balaban J connectivity index is 1.56. The van der Waals surface area contributed by atoms with E-state index >= 15 is 0 Å². The molecule has 1 amide bonds. The van der Waals surface area contributed by atoms with Crippen LogP contribution in [0.15, 0.2) is 42.5 Å². The molecule has 0 radical (unpaired) electrons. The van der Waals surface area contributed by atoms with E-state index in [2.05, 4.69) is 16.5 Å². The number of amides is 1. The average Bonchev–Trinajstić information content (AvgIpc) is 3.08. The summed E-state index contributed by atoms with van der Waals surface area (Å²) in [6.07, 6.45) is 0.172. The van der Waals surface area contributed by atoms with E-state index in [1.165, 1.54) is 35.0 Å². The van der Waals surface area contributed by atoms with Gasteiger partial charge in [-0.25, -0.2) is 9.07 Å². The molecule has 0 aliphatic rings. The summed E-state index contributed by atoms with van der Waals surface area (Å²) in [5.74, 6) is -0.153. The minimum Gasteiger partial charge on any atom is -0.479 e. The van der Waals surface area contributed by atoms with Gasteiger partial charge in [-0.15, -0.1) is 0 Å². The predicted octanol–water partition coefficient (Wildman–Crippen LogP) is 4.29. The number of hydrogen-bond acceptors (Lipinski definition) is 5. The molecule has 1 aromatic heterocycles. The third-order valence-corrected chi connectivity index (χ3v) is 5.16. The van der Waals surface area contributed by atoms with Crippen LogP contribution >= 0.6 is 23.2 Å². The molecule has 166 valence electrons. The Morgan fingerprint density at radius 1 is 1.31 bits per heavy atom. The Morgan fingerprint density at radius 2 is 2.03 bits per heavy atom. The largest absolute Gasteiger partial charge is 0.479 e. The minimum absolute atomic E-state index is 0.181. The number of halogens is 3. The number of nitriles is 1. The van der Waals surface area contributed by atoms with Crippen LogP contribution in [0.5, 0.6) is 5.75 Å². The van der Waals surface area contributed by atoms with Crippen molar-refractivity contribution in [2.45, 2.75) is 25.9 Å². The summed E-state index contributed by atoms with van der Waals surface area (Å²) in [5, 5.41) is 17.4. The van der Waals surface area contributed by atoms with Crippen LogP contribution in [0.3, 0.4) is 0 Å². The van der Waals surface area contributed by atoms with Gasteiger partial charge in [-0.2, -0.15) is 10.4 Å². The highest BCUT2D eigenvalue weighted by molar-refractivity contribution is 6.35. The summed E-state index contributed by atoms with van der Waals surface area (Å²) >= 11 is 11.9. The topological polar surface area (TPSA) is 106 Å². The van der Waals surface area contributed by atoms with Crippen LogP contribution in [0.4, 0.5) is 10.2 Å². The maximum atomic E-state index is 13.2. The summed E-state index contributed by atoms with van der Waals surface area (Å²) in [6, 6.07) is 12.4. The van der Waals surface area contributed by atoms with E-state index in [-0.39, 0.29) is 23.1 Å². The van der Waals surface area contributed by atoms with E-state index in [0.29, 0.717) is 46.6 Å². The van der Waals surface area contributed by atoms with Gasteiger partial charge >= 0.3 is 0 Å². The van der Waals surface area contributed by atoms with Gasteiger partial charge in [0.15, 0.2) is 6.10 Å². The zero-order chi connectivity index (χ0) is 23.3. The standard InChI is InChI=1S/C22H20Cl2FN5O2/c1-13(32-20-9-4-14(23)11-18(20)24)22(31)28-10-2-3-19-17(12-26)21(27)30(29-19)16-7-5-15(25)6-8-16/h4-9,11,13H,2-3,10,27H2,1H3,(H,28,31). The van der Waals surface area contributed by atoms with Crippen LogP contribution in [0.25, 0.3) is 5.69 Å². The zero-order valence-corrected chi connectivity index (χ0v) is 18.6. The number of ether oxygens (including phenoxy) is 1. The number of carbonyl (C=O) groups excluding carboxylic acids is 1. The van der Waals surface area contributed by atoms with E-state index in [1.807, 2.05) is 0 Å². The Hall–Kier alpha value is -3.28. The van der Waals surface area contributed by atoms with Gasteiger partial charge in [0.1, 0.15) is 29.0 Å². The number of nitrogens with one attached hydrogen (secondary N) is 1. The van der Waals surface area contributed by atoms with Gasteiger partial charge in [-0.3, -0.25) is 4.79 Å². The number of anilines is 1. The molecule has 7 nitrogen and oxygen atoms in total. The SMILES string of the molecule is CC(Oc1ccc(Cl)cc1Cl)C(=O)NCCCc1nn(-c2ccc(F)cc2)c(N)c1C#N. The molecule has 0 fully saturated rings. The molecular weight excluding hydrogens is 456 g/mol. The molecular formula is C22H20Cl2FN5O2. The van der Waals surface area contributed by atoms with Gasteiger partial charge in [0, 0.05) is 11.6 Å². The molecule has 1 atom stereocenters. The highest BCUT2D eigenvalue weighted by atomic mass is 35.5. The maximum absolute atomic E-state index is 13.2. The maximum Gasteiger partial charge on any atom is 0.260 e. The second-order valence-corrected chi connectivity index (χ2v) is 7.78. The first-order valence-corrected chi connectivity index (χ1v) is 10.5. The van der Waals surface area contributed by atoms with Crippen molar-refractivity contribution in [3.05, 3.63) is 69.6 Å². The first kappa shape index (κ1) is 23.4. The van der Waals surface area contributed by atoms with Gasteiger partial charge < -0.3 is 15.8 Å². The fourth-order valence-electron chi connectivity index (χ4n) is 2.98. The molecule has 0 saturated heterocycles. The van der Waals surface area contributed by atoms with Gasteiger partial charge in [0.25, 0.3) is 5.91 Å². The number of hydrogen-bond donors (Lipinski definition) is 2. The van der Waals surface area contributed by atoms with Crippen LogP contribution in [0.1, 0.15) is 24.6 Å². The molecule has 3 N–H and O–H groups in total. The van der Waals surface area contributed by atoms with Gasteiger partial charge in [0.05, 0.1) is 16.4 Å². The monoisotopic (exact) mass is 475 g/mol. The number of rotatable bonds is 8. The molecule has 32 heavy (non-hydrogen) atoms. The highest BCUT2D eigenvalue weighted by Gasteiger charge is 2.18. The lowest BCUT2D eigenvalue weighted by Crippen LogP contribution is -2.37. The molecule has 1 unspecified atom stereocenters. The smallest absolute Gasteiger partial charge is 0.260 e. The van der Waals surface area contributed by atoms with Gasteiger partial charge in [-0.05, 0) is 62.2 Å². The van der Waals surface area contributed by atoms with E-state index in [0.717, 1.165) is 0 Å². The van der Waals surface area contributed by atoms with E-state index in [9.17, 15) is 14.4 Å². The van der Waals surface area contributed by atoms with E-state index in [4.69, 9.17) is 33.7 Å². The van der Waals surface area contributed by atoms with Crippen LogP contribution in [0.2, 0.25) is 10.0 Å². The number of nitrogens with zero attached hydrogens (tertiary/aromatic N) is 3. The van der Waals surface area contributed by atoms with Crippen molar-refractivity contribution < 1.29 is 13.9 Å². The van der Waals surface area contributed by atoms with Gasteiger partial charge in [-0.1, -0.05) is 23.2 Å². The highest BCUT2D eigenvalue weighted by Crippen LogP contribution is 2.28. The summed E-state index contributed by atoms with van der Waals surface area (Å²) in [6.45, 7) is 1.95. The van der Waals surface area contributed by atoms with Crippen molar-refractivity contribution in [3.63, 3.8) is 0 Å². The number of aryl methyl sites for hydroxylation is 1. The molecule has 10 heteroatoms. The summed E-state index contributed by atoms with van der Waals surface area (Å²) < 4.78 is 20.2. The summed E-state index contributed by atoms with van der Waals surface area (Å²) in [4.78, 5) is 12.3. The third-order valence-electron chi connectivity index (χ3n) is 4.63. The Labute approximate surface area is 194 Å². The first-order chi connectivity index (χ1) is 15.3. The second-order valence-electron chi connectivity index (χ2n) is 6.94. The molecule has 0 aliphatic heterocycles. The molecule has 0 aliphatic carbocycles. The number of nitrogen functional groups attached to an aromatic ring is 1. The average molecular weight is 476 g/mol. The van der Waals surface area contributed by atoms with Crippen LogP contribution in [-0.2, 0) is 11.2 Å². The Kier molecular flexibility index (Phi) is 7.57. The number of nitrogens with two attached hydrogens (primary N) is 1. The molecule has 0 saturated carbocycles. The predicted molar refractivity (Wildman–Crippen MR) is 121 cm³/mol. The molecule has 3 rings (SSSR count). The molecule has 0 bridgehead atoms. The van der Waals surface area contributed by atoms with Crippen LogP contribution < -0.4 is 15.8 Å². The first-order valence-electron chi connectivity index (χ1n) is 9.73. The normalized spacial score (nSPS) is 11.6. The van der Waals surface area contributed by atoms with Crippen molar-refractivity contribution >= 4 is 34.9 Å². The van der Waals surface area contributed by atoms with Crippen molar-refractivity contribution in [1.82, 2.24) is 15.1 Å². The van der Waals surface area contributed by atoms with E-state index < -0.39 is 6.10 Å². The van der Waals surface area contributed by atoms with Crippen molar-refractivity contribution in [2.75, 3.05) is 12.3 Å². The quantitative estimate of drug-likeness (QED) is 0.472. The zero-order valence-electron chi connectivity index (χ0n) is 17.1. The Morgan fingerprint density at radius 3 is 2.69 bits per heavy atom. The van der Waals surface area contributed by atoms with Crippen molar-refractivity contribution in [3.8, 4) is 17.5 Å². The number of aromatic nitrogens is 2. The summed E-state index contributed by atoms with van der Waals surface area (Å²) in [5.41, 5.74) is 7.36. The summed E-state index contributed by atoms with van der Waals surface area (Å²) in [7, 11) is 0. The molecule has 2 aromatic carbocycles. The van der Waals surface area contributed by atoms with Crippen molar-refractivity contribution in [2.24, 2.45) is 0 Å². The Bertz CT molecular complexity index is 1160. The second kappa shape index (κ2) is 10.4. The van der Waals surface area contributed by atoms with Crippen LogP contribution in [-0.4, -0.2) is 28.3 Å². The molecule has 3 aromatic rings. The number of benzene rings is 2. The van der Waals surface area contributed by atoms with E-state index in [1.54, 1.807) is 19.1 Å². The lowest BCUT2D eigenvalue weighted by molar-refractivity contribution is -0.127. The lowest BCUT2D eigenvalue weighted by Gasteiger charge is -2.15. The molecule has 0 spiro atoms. The van der Waals surface area contributed by atoms with Gasteiger partial charge in [0.2, 0.25) is 0 Å². The van der Waals surface area contributed by atoms with Crippen molar-refractivity contribution in [1.29, 1.82) is 5.26 Å².